The minimum Gasteiger partial charge on any atom is -0.496 e. The third-order valence-corrected chi connectivity index (χ3v) is 6.20. The number of unbranched alkanes of at least 4 members (excludes halogenated alkanes) is 2. The number of hydrogen-bond donors (Lipinski definition) is 2. The Kier molecular flexibility index (Phi) is 8.73. The molecule has 0 aliphatic carbocycles. The second-order valence-electron chi connectivity index (χ2n) is 8.93. The molecule has 8 heteroatoms. The minimum absolute atomic E-state index is 0.102. The number of pyridine rings is 1. The van der Waals surface area contributed by atoms with Crippen molar-refractivity contribution in [2.45, 2.75) is 45.6 Å². The molecule has 0 atom stereocenters. The van der Waals surface area contributed by atoms with Gasteiger partial charge in [-0.15, -0.1) is 0 Å². The van der Waals surface area contributed by atoms with E-state index in [2.05, 4.69) is 26.8 Å². The van der Waals surface area contributed by atoms with Crippen LogP contribution in [0.4, 0.5) is 11.8 Å². The highest BCUT2D eigenvalue weighted by molar-refractivity contribution is 5.90. The molecule has 0 fully saturated rings. The van der Waals surface area contributed by atoms with Crippen LogP contribution in [0.2, 0.25) is 0 Å². The normalized spacial score (nSPS) is 10.6. The molecule has 0 amide bonds. The zero-order valence-corrected chi connectivity index (χ0v) is 21.7. The van der Waals surface area contributed by atoms with Crippen molar-refractivity contribution in [1.29, 1.82) is 0 Å². The van der Waals surface area contributed by atoms with Crippen LogP contribution in [0, 0.1) is 18.8 Å². The van der Waals surface area contributed by atoms with Crippen molar-refractivity contribution < 1.29 is 14.3 Å². The van der Waals surface area contributed by atoms with E-state index in [9.17, 15) is 4.79 Å². The summed E-state index contributed by atoms with van der Waals surface area (Å²) < 4.78 is 10.9. The number of aryl methyl sites for hydroxylation is 1. The summed E-state index contributed by atoms with van der Waals surface area (Å²) in [6.45, 7) is 2.28. The van der Waals surface area contributed by atoms with Crippen LogP contribution >= 0.6 is 0 Å². The minimum atomic E-state index is -0.183. The number of nitrogens with two attached hydrogens (primary N) is 2. The molecular formula is C30H31N5O3. The molecule has 0 radical (unpaired) electrons. The first-order valence-electron chi connectivity index (χ1n) is 12.5. The van der Waals surface area contributed by atoms with Crippen LogP contribution in [0.5, 0.6) is 5.75 Å². The quantitative estimate of drug-likeness (QED) is 0.188. The first kappa shape index (κ1) is 26.4. The lowest BCUT2D eigenvalue weighted by molar-refractivity contribution is -0.145. The molecule has 0 unspecified atom stereocenters. The smallest absolute Gasteiger partial charge is 0.306 e. The first-order valence-corrected chi connectivity index (χ1v) is 12.5. The fraction of sp³-hybridized carbons (Fsp3) is 0.267. The van der Waals surface area contributed by atoms with E-state index < -0.39 is 0 Å². The number of ether oxygens (including phenoxy) is 2. The molecule has 0 saturated carbocycles. The topological polar surface area (TPSA) is 126 Å². The summed E-state index contributed by atoms with van der Waals surface area (Å²) in [6.07, 6.45) is 5.02. The van der Waals surface area contributed by atoms with Crippen LogP contribution in [0.25, 0.3) is 11.0 Å². The largest absolute Gasteiger partial charge is 0.496 e. The van der Waals surface area contributed by atoms with E-state index in [-0.39, 0.29) is 11.9 Å². The van der Waals surface area contributed by atoms with Crippen molar-refractivity contribution in [2.24, 2.45) is 0 Å². The fourth-order valence-electron chi connectivity index (χ4n) is 4.17. The summed E-state index contributed by atoms with van der Waals surface area (Å²) in [4.78, 5) is 24.7. The highest BCUT2D eigenvalue weighted by atomic mass is 16.5. The molecule has 0 spiro atoms. The number of fused-ring (bicyclic) bond motifs is 1. The average molecular weight is 510 g/mol. The molecule has 8 nitrogen and oxygen atoms in total. The number of anilines is 2. The summed E-state index contributed by atoms with van der Waals surface area (Å²) in [6, 6.07) is 15.6. The Hall–Kier alpha value is -4.64. The number of benzene rings is 2. The summed E-state index contributed by atoms with van der Waals surface area (Å²) in [5, 5.41) is 0.704. The van der Waals surface area contributed by atoms with Gasteiger partial charge in [0.15, 0.2) is 5.65 Å². The summed E-state index contributed by atoms with van der Waals surface area (Å²) in [7, 11) is 1.65. The maximum absolute atomic E-state index is 12.0. The summed E-state index contributed by atoms with van der Waals surface area (Å²) >= 11 is 0. The Balaban J connectivity index is 1.34. The van der Waals surface area contributed by atoms with E-state index in [4.69, 9.17) is 20.9 Å². The number of aromatic nitrogens is 3. The molecule has 0 aliphatic rings. The monoisotopic (exact) mass is 509 g/mol. The number of esters is 1. The van der Waals surface area contributed by atoms with Gasteiger partial charge in [-0.25, -0.2) is 4.98 Å². The number of carbonyl (C=O) groups excluding carboxylic acids is 1. The van der Waals surface area contributed by atoms with E-state index in [1.807, 2.05) is 55.5 Å². The summed E-state index contributed by atoms with van der Waals surface area (Å²) in [5.74, 6) is 7.44. The van der Waals surface area contributed by atoms with Crippen LogP contribution < -0.4 is 16.2 Å². The second kappa shape index (κ2) is 12.5. The van der Waals surface area contributed by atoms with Crippen molar-refractivity contribution in [1.82, 2.24) is 15.0 Å². The van der Waals surface area contributed by atoms with E-state index in [1.54, 1.807) is 13.3 Å². The van der Waals surface area contributed by atoms with Gasteiger partial charge in [-0.1, -0.05) is 42.2 Å². The lowest BCUT2D eigenvalue weighted by atomic mass is 9.98. The predicted molar refractivity (Wildman–Crippen MR) is 148 cm³/mol. The third kappa shape index (κ3) is 6.77. The molecule has 4 rings (SSSR count). The summed E-state index contributed by atoms with van der Waals surface area (Å²) in [5.41, 5.74) is 17.1. The molecule has 0 saturated heterocycles. The SMILES string of the molecule is COc1ccc(C#CCCCCC(=O)OCc2ccccc2)cc1Cc1cnc2nc(N)nc(N)c2c1C. The number of nitrogen functional groups attached to an aromatic ring is 2. The molecule has 4 N–H and O–H groups in total. The van der Waals surface area contributed by atoms with Gasteiger partial charge in [0.25, 0.3) is 0 Å². The number of methoxy groups -OCH3 is 1. The average Bonchev–Trinajstić information content (AvgIpc) is 2.91. The number of carbonyl (C=O) groups is 1. The number of nitrogens with zero attached hydrogens (tertiary/aromatic N) is 3. The number of hydrogen-bond acceptors (Lipinski definition) is 8. The maximum atomic E-state index is 12.0. The van der Waals surface area contributed by atoms with Gasteiger partial charge in [0.05, 0.1) is 12.5 Å². The van der Waals surface area contributed by atoms with Crippen LogP contribution in [0.1, 0.15) is 53.5 Å². The van der Waals surface area contributed by atoms with Gasteiger partial charge >= 0.3 is 5.97 Å². The molecule has 0 bridgehead atoms. The zero-order chi connectivity index (χ0) is 26.9. The molecule has 2 aromatic heterocycles. The Labute approximate surface area is 222 Å². The molecule has 194 valence electrons. The van der Waals surface area contributed by atoms with Crippen molar-refractivity contribution in [3.8, 4) is 17.6 Å². The van der Waals surface area contributed by atoms with Gasteiger partial charge in [-0.3, -0.25) is 4.79 Å². The Bertz CT molecular complexity index is 1490. The Morgan fingerprint density at radius 3 is 2.63 bits per heavy atom. The maximum Gasteiger partial charge on any atom is 0.306 e. The lowest BCUT2D eigenvalue weighted by Crippen LogP contribution is -2.05. The van der Waals surface area contributed by atoms with Crippen LogP contribution in [-0.4, -0.2) is 28.0 Å². The zero-order valence-electron chi connectivity index (χ0n) is 21.7. The molecule has 4 aromatic rings. The van der Waals surface area contributed by atoms with Crippen LogP contribution in [-0.2, 0) is 22.6 Å². The van der Waals surface area contributed by atoms with E-state index in [0.29, 0.717) is 42.7 Å². The molecule has 0 aliphatic heterocycles. The van der Waals surface area contributed by atoms with Gasteiger partial charge in [-0.2, -0.15) is 9.97 Å². The highest BCUT2D eigenvalue weighted by Crippen LogP contribution is 2.28. The van der Waals surface area contributed by atoms with E-state index >= 15 is 0 Å². The van der Waals surface area contributed by atoms with Crippen molar-refractivity contribution in [2.75, 3.05) is 18.6 Å². The number of rotatable bonds is 9. The second-order valence-corrected chi connectivity index (χ2v) is 8.93. The van der Waals surface area contributed by atoms with Crippen molar-refractivity contribution in [3.63, 3.8) is 0 Å². The van der Waals surface area contributed by atoms with Gasteiger partial charge in [0.2, 0.25) is 5.95 Å². The van der Waals surface area contributed by atoms with E-state index in [0.717, 1.165) is 46.4 Å². The van der Waals surface area contributed by atoms with Crippen molar-refractivity contribution >= 4 is 28.8 Å². The van der Waals surface area contributed by atoms with Crippen molar-refractivity contribution in [3.05, 3.63) is 82.5 Å². The molecule has 38 heavy (non-hydrogen) atoms. The van der Waals surface area contributed by atoms with Crippen LogP contribution in [0.3, 0.4) is 0 Å². The first-order chi connectivity index (χ1) is 18.4. The highest BCUT2D eigenvalue weighted by Gasteiger charge is 2.14. The standard InChI is InChI=1S/C30H31N5O3/c1-20-24(18-33-29-27(20)28(31)34-30(32)35-29)17-23-16-21(14-15-25(23)37-2)10-6-3-4-9-13-26(36)38-19-22-11-7-5-8-12-22/h5,7-8,11-12,14-16,18H,3-4,9,13,17,19H2,1-2H3,(H4,31,32,33,34,35). The lowest BCUT2D eigenvalue weighted by Gasteiger charge is -2.13. The molecule has 2 heterocycles. The molecular weight excluding hydrogens is 478 g/mol. The third-order valence-electron chi connectivity index (χ3n) is 6.20. The predicted octanol–water partition coefficient (Wildman–Crippen LogP) is 4.75. The van der Waals surface area contributed by atoms with E-state index in [1.165, 1.54) is 0 Å². The Morgan fingerprint density at radius 2 is 1.84 bits per heavy atom. The van der Waals surface area contributed by atoms with Crippen LogP contribution in [0.15, 0.2) is 54.7 Å². The van der Waals surface area contributed by atoms with Gasteiger partial charge in [0, 0.05) is 31.0 Å². The van der Waals surface area contributed by atoms with Gasteiger partial charge < -0.3 is 20.9 Å². The van der Waals surface area contributed by atoms with Gasteiger partial charge in [0.1, 0.15) is 18.2 Å². The Morgan fingerprint density at radius 1 is 1.03 bits per heavy atom. The van der Waals surface area contributed by atoms with Gasteiger partial charge in [-0.05, 0) is 60.2 Å². The molecule has 2 aromatic carbocycles. The fourth-order valence-corrected chi connectivity index (χ4v) is 4.17.